The second kappa shape index (κ2) is 4.61. The van der Waals surface area contributed by atoms with Crippen LogP contribution < -0.4 is 11.1 Å². The summed E-state index contributed by atoms with van der Waals surface area (Å²) < 4.78 is 0. The van der Waals surface area contributed by atoms with Crippen LogP contribution in [0.25, 0.3) is 0 Å². The van der Waals surface area contributed by atoms with Crippen LogP contribution in [0.3, 0.4) is 0 Å². The average Bonchev–Trinajstić information content (AvgIpc) is 2.03. The first-order valence-electron chi connectivity index (χ1n) is 5.16. The molecule has 0 saturated heterocycles. The van der Waals surface area contributed by atoms with Crippen LogP contribution in [0.1, 0.15) is 39.5 Å². The van der Waals surface area contributed by atoms with Gasteiger partial charge in [0.15, 0.2) is 0 Å². The van der Waals surface area contributed by atoms with E-state index in [0.717, 1.165) is 19.3 Å². The minimum Gasteiger partial charge on any atom is -0.369 e. The highest BCUT2D eigenvalue weighted by molar-refractivity contribution is 5.77. The van der Waals surface area contributed by atoms with Gasteiger partial charge in [-0.15, -0.1) is 0 Å². The minimum absolute atomic E-state index is 0.0520. The number of primary amides is 1. The first-order chi connectivity index (χ1) is 6.11. The molecule has 0 aromatic rings. The first-order valence-corrected chi connectivity index (χ1v) is 5.16. The molecule has 1 amide bonds. The molecule has 1 aliphatic rings. The summed E-state index contributed by atoms with van der Waals surface area (Å²) in [5, 5.41) is 3.41. The van der Waals surface area contributed by atoms with Crippen LogP contribution >= 0.6 is 0 Å². The Morgan fingerprint density at radius 1 is 1.38 bits per heavy atom. The zero-order valence-electron chi connectivity index (χ0n) is 8.55. The summed E-state index contributed by atoms with van der Waals surface area (Å²) in [6, 6.07) is 0.746. The molecule has 0 aliphatic heterocycles. The van der Waals surface area contributed by atoms with Crippen LogP contribution in [0, 0.1) is 5.92 Å². The number of nitrogens with one attached hydrogen (secondary N) is 1. The third kappa shape index (κ3) is 2.99. The smallest absolute Gasteiger partial charge is 0.222 e. The molecular weight excluding hydrogens is 164 g/mol. The summed E-state index contributed by atoms with van der Waals surface area (Å²) in [6.45, 7) is 4.21. The lowest BCUT2D eigenvalue weighted by Crippen LogP contribution is -2.47. The van der Waals surface area contributed by atoms with Gasteiger partial charge in [-0.2, -0.15) is 0 Å². The Morgan fingerprint density at radius 2 is 2.00 bits per heavy atom. The summed E-state index contributed by atoms with van der Waals surface area (Å²) in [5.74, 6) is -0.0889. The normalized spacial score (nSPS) is 29.2. The molecule has 76 valence electrons. The van der Waals surface area contributed by atoms with Gasteiger partial charge in [0.05, 0.1) is 5.92 Å². The molecular formula is C10H20N2O. The molecule has 3 nitrogen and oxygen atoms in total. The Morgan fingerprint density at radius 3 is 2.54 bits per heavy atom. The fourth-order valence-electron chi connectivity index (χ4n) is 2.10. The monoisotopic (exact) mass is 184 g/mol. The molecule has 0 bridgehead atoms. The van der Waals surface area contributed by atoms with Gasteiger partial charge in [0, 0.05) is 12.1 Å². The van der Waals surface area contributed by atoms with Crippen LogP contribution in [0.15, 0.2) is 0 Å². The van der Waals surface area contributed by atoms with Gasteiger partial charge in [0.25, 0.3) is 0 Å². The lowest BCUT2D eigenvalue weighted by atomic mass is 9.84. The van der Waals surface area contributed by atoms with Gasteiger partial charge in [-0.3, -0.25) is 4.79 Å². The molecule has 0 radical (unpaired) electrons. The fourth-order valence-corrected chi connectivity index (χ4v) is 2.10. The largest absolute Gasteiger partial charge is 0.369 e. The molecule has 0 aromatic heterocycles. The maximum atomic E-state index is 11.1. The van der Waals surface area contributed by atoms with E-state index in [0.29, 0.717) is 12.1 Å². The summed E-state index contributed by atoms with van der Waals surface area (Å²) in [7, 11) is 0. The van der Waals surface area contributed by atoms with Crippen LogP contribution in [0.5, 0.6) is 0 Å². The molecule has 0 aromatic carbocycles. The Hall–Kier alpha value is -0.570. The molecule has 1 fully saturated rings. The number of hydrogen-bond acceptors (Lipinski definition) is 2. The lowest BCUT2D eigenvalue weighted by molar-refractivity contribution is -0.123. The number of nitrogens with two attached hydrogens (primary N) is 1. The second-order valence-corrected chi connectivity index (χ2v) is 4.22. The zero-order chi connectivity index (χ0) is 9.84. The van der Waals surface area contributed by atoms with Crippen LogP contribution in [0.2, 0.25) is 0 Å². The number of carbonyl (C=O) groups is 1. The first kappa shape index (κ1) is 10.5. The molecule has 2 unspecified atom stereocenters. The summed E-state index contributed by atoms with van der Waals surface area (Å²) in [4.78, 5) is 11.1. The highest BCUT2D eigenvalue weighted by atomic mass is 16.1. The predicted molar refractivity (Wildman–Crippen MR) is 53.2 cm³/mol. The van der Waals surface area contributed by atoms with Gasteiger partial charge >= 0.3 is 0 Å². The van der Waals surface area contributed by atoms with E-state index < -0.39 is 0 Å². The van der Waals surface area contributed by atoms with Gasteiger partial charge in [-0.05, 0) is 12.8 Å². The second-order valence-electron chi connectivity index (χ2n) is 4.22. The molecule has 13 heavy (non-hydrogen) atoms. The molecule has 3 heteroatoms. The van der Waals surface area contributed by atoms with Gasteiger partial charge in [0.2, 0.25) is 5.91 Å². The van der Waals surface area contributed by atoms with Crippen molar-refractivity contribution in [1.82, 2.24) is 5.32 Å². The number of rotatable bonds is 3. The van der Waals surface area contributed by atoms with Gasteiger partial charge in [-0.25, -0.2) is 0 Å². The van der Waals surface area contributed by atoms with E-state index in [9.17, 15) is 4.79 Å². The van der Waals surface area contributed by atoms with Crippen LogP contribution in [0.4, 0.5) is 0 Å². The van der Waals surface area contributed by atoms with E-state index in [2.05, 4.69) is 19.2 Å². The van der Waals surface area contributed by atoms with Gasteiger partial charge in [0.1, 0.15) is 0 Å². The van der Waals surface area contributed by atoms with E-state index in [1.54, 1.807) is 0 Å². The number of carbonyl (C=O) groups excluding carboxylic acids is 1. The number of amides is 1. The van der Waals surface area contributed by atoms with Crippen LogP contribution in [-0.4, -0.2) is 18.0 Å². The maximum Gasteiger partial charge on any atom is 0.222 e. The topological polar surface area (TPSA) is 55.1 Å². The van der Waals surface area contributed by atoms with E-state index in [4.69, 9.17) is 5.73 Å². The molecule has 1 saturated carbocycles. The van der Waals surface area contributed by atoms with Gasteiger partial charge in [-0.1, -0.05) is 26.7 Å². The van der Waals surface area contributed by atoms with Crippen molar-refractivity contribution in [2.24, 2.45) is 11.7 Å². The predicted octanol–water partition coefficient (Wildman–Crippen LogP) is 1.03. The van der Waals surface area contributed by atoms with Crippen molar-refractivity contribution >= 4 is 5.91 Å². The highest BCUT2D eigenvalue weighted by Crippen LogP contribution is 2.24. The Balaban J connectivity index is 2.51. The minimum atomic E-state index is -0.141. The van der Waals surface area contributed by atoms with E-state index in [1.165, 1.54) is 6.42 Å². The number of hydrogen-bond donors (Lipinski definition) is 2. The lowest BCUT2D eigenvalue weighted by Gasteiger charge is -2.31. The van der Waals surface area contributed by atoms with E-state index >= 15 is 0 Å². The summed E-state index contributed by atoms with van der Waals surface area (Å²) in [5.41, 5.74) is 5.35. The summed E-state index contributed by atoms with van der Waals surface area (Å²) >= 11 is 0. The summed E-state index contributed by atoms with van der Waals surface area (Å²) in [6.07, 6.45) is 4.41. The van der Waals surface area contributed by atoms with Crippen molar-refractivity contribution in [1.29, 1.82) is 0 Å². The quantitative estimate of drug-likeness (QED) is 0.688. The fraction of sp³-hybridized carbons (Fsp3) is 0.900. The molecule has 3 N–H and O–H groups in total. The zero-order valence-corrected chi connectivity index (χ0v) is 8.55. The molecule has 0 heterocycles. The van der Waals surface area contributed by atoms with E-state index in [1.807, 2.05) is 0 Å². The third-order valence-corrected chi connectivity index (χ3v) is 2.68. The van der Waals surface area contributed by atoms with Crippen molar-refractivity contribution in [2.75, 3.05) is 0 Å². The Bertz CT molecular complexity index is 180. The SMILES string of the molecule is CC(C)NC1CCCCC1C(N)=O. The van der Waals surface area contributed by atoms with Gasteiger partial charge < -0.3 is 11.1 Å². The molecule has 1 rings (SSSR count). The molecule has 0 spiro atoms. The standard InChI is InChI=1S/C10H20N2O/c1-7(2)12-9-6-4-3-5-8(9)10(11)13/h7-9,12H,3-6H2,1-2H3,(H2,11,13). The van der Waals surface area contributed by atoms with Crippen molar-refractivity contribution in [2.45, 2.75) is 51.6 Å². The molecule has 1 aliphatic carbocycles. The van der Waals surface area contributed by atoms with E-state index in [-0.39, 0.29) is 11.8 Å². The highest BCUT2D eigenvalue weighted by Gasteiger charge is 2.29. The molecule has 2 atom stereocenters. The average molecular weight is 184 g/mol. The van der Waals surface area contributed by atoms with Crippen molar-refractivity contribution in [3.05, 3.63) is 0 Å². The maximum absolute atomic E-state index is 11.1. The Labute approximate surface area is 80.1 Å². The van der Waals surface area contributed by atoms with Crippen LogP contribution in [-0.2, 0) is 4.79 Å². The van der Waals surface area contributed by atoms with Crippen molar-refractivity contribution in [3.63, 3.8) is 0 Å². The van der Waals surface area contributed by atoms with Crippen molar-refractivity contribution in [3.8, 4) is 0 Å². The third-order valence-electron chi connectivity index (χ3n) is 2.68. The Kier molecular flexibility index (Phi) is 3.72. The van der Waals surface area contributed by atoms with Crippen molar-refractivity contribution < 1.29 is 4.79 Å².